The first-order valence-corrected chi connectivity index (χ1v) is 10.2. The van der Waals surface area contributed by atoms with Gasteiger partial charge in [-0.05, 0) is 31.0 Å². The molecule has 0 bridgehead atoms. The predicted molar refractivity (Wildman–Crippen MR) is 104 cm³/mol. The molecule has 1 heterocycles. The van der Waals surface area contributed by atoms with Crippen LogP contribution >= 0.6 is 11.3 Å². The monoisotopic (exact) mass is 437 g/mol. The van der Waals surface area contributed by atoms with E-state index in [1.54, 1.807) is 11.3 Å². The first-order valence-electron chi connectivity index (χ1n) is 7.98. The number of benzene rings is 2. The number of aromatic nitrogens is 1. The highest BCUT2D eigenvalue weighted by atomic mass is 32.2. The maximum absolute atomic E-state index is 10.7. The van der Waals surface area contributed by atoms with Crippen LogP contribution < -0.4 is 4.57 Å². The quantitative estimate of drug-likeness (QED) is 0.253. The average molecular weight is 437 g/mol. The number of rotatable bonds is 1. The second kappa shape index (κ2) is 9.10. The van der Waals surface area contributed by atoms with Crippen molar-refractivity contribution in [1.29, 1.82) is 0 Å². The number of halogens is 3. The van der Waals surface area contributed by atoms with Gasteiger partial charge in [-0.2, -0.15) is 17.7 Å². The molecular formula is C20H14F3NO3S2. The standard InChI is InChI=1S/C19H14NS.CHF3O3S/c1-3-14-20-17-6-4-5-7-18(17)21-19(20)13-12-16-10-8-15(2)9-11-16;2-1(3,4)8(5,6)7/h1,4-11H,14H2,2H3;(H,5,6,7)/q+1;/p-1. The van der Waals surface area contributed by atoms with Gasteiger partial charge in [0.2, 0.25) is 12.1 Å². The summed E-state index contributed by atoms with van der Waals surface area (Å²) >= 11 is 1.68. The molecule has 0 fully saturated rings. The molecule has 0 aliphatic rings. The Morgan fingerprint density at radius 2 is 1.69 bits per heavy atom. The van der Waals surface area contributed by atoms with E-state index in [0.717, 1.165) is 16.1 Å². The second-order valence-corrected chi connectivity index (χ2v) is 8.08. The number of nitrogens with zero attached hydrogens (tertiary/aromatic N) is 1. The number of terminal acetylenes is 1. The molecule has 0 radical (unpaired) electrons. The molecule has 0 N–H and O–H groups in total. The molecule has 0 saturated carbocycles. The number of hydrogen-bond donors (Lipinski definition) is 0. The number of aryl methyl sites for hydroxylation is 1. The van der Waals surface area contributed by atoms with Crippen LogP contribution in [0.15, 0.2) is 48.5 Å². The SMILES string of the molecule is C#CC[n+]1c(C#Cc2ccc(C)cc2)sc2ccccc21.O=S(=O)([O-])C(F)(F)F. The third-order valence-electron chi connectivity index (χ3n) is 3.51. The molecule has 0 spiro atoms. The van der Waals surface area contributed by atoms with Crippen LogP contribution in [-0.4, -0.2) is 18.5 Å². The number of alkyl halides is 3. The summed E-state index contributed by atoms with van der Waals surface area (Å²) in [7, 11) is -6.09. The van der Waals surface area contributed by atoms with Gasteiger partial charge in [-0.25, -0.2) is 8.42 Å². The van der Waals surface area contributed by atoms with Crippen LogP contribution in [0.25, 0.3) is 10.2 Å². The van der Waals surface area contributed by atoms with E-state index in [-0.39, 0.29) is 0 Å². The maximum atomic E-state index is 10.7. The van der Waals surface area contributed by atoms with Crippen molar-refractivity contribution in [2.75, 3.05) is 0 Å². The number of para-hydroxylation sites is 1. The van der Waals surface area contributed by atoms with Gasteiger partial charge >= 0.3 is 10.5 Å². The lowest BCUT2D eigenvalue weighted by Gasteiger charge is -2.08. The molecule has 2 aromatic carbocycles. The van der Waals surface area contributed by atoms with Crippen LogP contribution in [-0.2, 0) is 16.7 Å². The van der Waals surface area contributed by atoms with Gasteiger partial charge in [0.15, 0.2) is 10.1 Å². The summed E-state index contributed by atoms with van der Waals surface area (Å²) < 4.78 is 62.2. The zero-order valence-corrected chi connectivity index (χ0v) is 16.7. The van der Waals surface area contributed by atoms with E-state index in [2.05, 4.69) is 53.5 Å². The van der Waals surface area contributed by atoms with E-state index in [1.807, 2.05) is 24.3 Å². The molecule has 0 aliphatic heterocycles. The van der Waals surface area contributed by atoms with E-state index < -0.39 is 15.6 Å². The molecule has 0 amide bonds. The molecule has 150 valence electrons. The van der Waals surface area contributed by atoms with Crippen LogP contribution in [0.4, 0.5) is 13.2 Å². The molecule has 29 heavy (non-hydrogen) atoms. The summed E-state index contributed by atoms with van der Waals surface area (Å²) in [6.45, 7) is 2.62. The summed E-state index contributed by atoms with van der Waals surface area (Å²) in [5.41, 5.74) is -2.24. The van der Waals surface area contributed by atoms with Crippen LogP contribution in [0, 0.1) is 31.1 Å². The van der Waals surface area contributed by atoms with Crippen molar-refractivity contribution >= 4 is 31.7 Å². The van der Waals surface area contributed by atoms with E-state index in [4.69, 9.17) is 19.4 Å². The number of thiazole rings is 1. The fourth-order valence-electron chi connectivity index (χ4n) is 2.14. The van der Waals surface area contributed by atoms with Gasteiger partial charge in [-0.15, -0.1) is 6.42 Å². The average Bonchev–Trinajstić information content (AvgIpc) is 2.98. The fraction of sp³-hybridized carbons (Fsp3) is 0.150. The second-order valence-electron chi connectivity index (χ2n) is 5.68. The van der Waals surface area contributed by atoms with E-state index in [0.29, 0.717) is 6.54 Å². The Hall–Kier alpha value is -2.85. The largest absolute Gasteiger partial charge is 0.741 e. The smallest absolute Gasteiger partial charge is 0.485 e. The summed E-state index contributed by atoms with van der Waals surface area (Å²) in [5, 5.41) is 0.995. The minimum atomic E-state index is -6.09. The Morgan fingerprint density at radius 3 is 2.24 bits per heavy atom. The first kappa shape index (κ1) is 22.4. The Kier molecular flexibility index (Phi) is 7.04. The van der Waals surface area contributed by atoms with Gasteiger partial charge in [0.1, 0.15) is 4.70 Å². The lowest BCUT2D eigenvalue weighted by atomic mass is 10.2. The molecule has 9 heteroatoms. The molecule has 3 aromatic rings. The van der Waals surface area contributed by atoms with E-state index in [1.165, 1.54) is 10.3 Å². The minimum absolute atomic E-state index is 0.544. The minimum Gasteiger partial charge on any atom is -0.741 e. The van der Waals surface area contributed by atoms with Crippen LogP contribution in [0.5, 0.6) is 0 Å². The van der Waals surface area contributed by atoms with Gasteiger partial charge in [0, 0.05) is 17.6 Å². The normalized spacial score (nSPS) is 11.0. The zero-order valence-electron chi connectivity index (χ0n) is 15.0. The van der Waals surface area contributed by atoms with Crippen molar-refractivity contribution in [2.24, 2.45) is 0 Å². The fourth-order valence-corrected chi connectivity index (χ4v) is 3.15. The van der Waals surface area contributed by atoms with Crippen molar-refractivity contribution in [2.45, 2.75) is 19.0 Å². The molecule has 3 rings (SSSR count). The summed E-state index contributed by atoms with van der Waals surface area (Å²) in [6, 6.07) is 16.5. The van der Waals surface area contributed by atoms with Gasteiger partial charge in [0.05, 0.1) is 0 Å². The van der Waals surface area contributed by atoms with Crippen molar-refractivity contribution in [1.82, 2.24) is 0 Å². The lowest BCUT2D eigenvalue weighted by Crippen LogP contribution is -2.34. The van der Waals surface area contributed by atoms with Crippen molar-refractivity contribution in [3.05, 3.63) is 64.7 Å². The van der Waals surface area contributed by atoms with Gasteiger partial charge in [-0.1, -0.05) is 47.1 Å². The van der Waals surface area contributed by atoms with Gasteiger partial charge in [-0.3, -0.25) is 0 Å². The Balaban J connectivity index is 0.000000321. The van der Waals surface area contributed by atoms with Crippen LogP contribution in [0.3, 0.4) is 0 Å². The third kappa shape index (κ3) is 6.06. The highest BCUT2D eigenvalue weighted by Gasteiger charge is 2.36. The Bertz CT molecular complexity index is 1210. The number of fused-ring (bicyclic) bond motifs is 1. The van der Waals surface area contributed by atoms with Gasteiger partial charge < -0.3 is 4.55 Å². The Labute approximate surface area is 170 Å². The predicted octanol–water partition coefficient (Wildman–Crippen LogP) is 3.58. The first-order chi connectivity index (χ1) is 13.5. The zero-order chi connectivity index (χ0) is 21.7. The highest BCUT2D eigenvalue weighted by molar-refractivity contribution is 7.86. The molecule has 0 aliphatic carbocycles. The van der Waals surface area contributed by atoms with Crippen molar-refractivity contribution in [3.8, 4) is 24.2 Å². The summed E-state index contributed by atoms with van der Waals surface area (Å²) in [6.07, 6.45) is 5.49. The van der Waals surface area contributed by atoms with Crippen LogP contribution in [0.2, 0.25) is 0 Å². The summed E-state index contributed by atoms with van der Waals surface area (Å²) in [4.78, 5) is 0. The maximum Gasteiger partial charge on any atom is 0.485 e. The van der Waals surface area contributed by atoms with Gasteiger partial charge in [0.25, 0.3) is 0 Å². The molecule has 0 unspecified atom stereocenters. The third-order valence-corrected chi connectivity index (χ3v) is 5.15. The number of hydrogen-bond acceptors (Lipinski definition) is 4. The molecule has 1 aromatic heterocycles. The van der Waals surface area contributed by atoms with E-state index in [9.17, 15) is 13.2 Å². The molecule has 4 nitrogen and oxygen atoms in total. The molecule has 0 atom stereocenters. The summed E-state index contributed by atoms with van der Waals surface area (Å²) in [5.74, 6) is 9.19. The molecule has 0 saturated heterocycles. The molecular weight excluding hydrogens is 423 g/mol. The highest BCUT2D eigenvalue weighted by Crippen LogP contribution is 2.20. The lowest BCUT2D eigenvalue weighted by molar-refractivity contribution is -0.656. The Morgan fingerprint density at radius 1 is 1.10 bits per heavy atom. The topological polar surface area (TPSA) is 61.1 Å². The van der Waals surface area contributed by atoms with E-state index >= 15 is 0 Å². The van der Waals surface area contributed by atoms with Crippen molar-refractivity contribution in [3.63, 3.8) is 0 Å². The van der Waals surface area contributed by atoms with Crippen LogP contribution in [0.1, 0.15) is 16.1 Å². The van der Waals surface area contributed by atoms with Crippen molar-refractivity contribution < 1.29 is 30.7 Å².